The second-order valence-electron chi connectivity index (χ2n) is 8.25. The van der Waals surface area contributed by atoms with E-state index in [4.69, 9.17) is 9.47 Å². The van der Waals surface area contributed by atoms with Gasteiger partial charge in [0, 0.05) is 17.3 Å². The second-order valence-corrected chi connectivity index (χ2v) is 8.25. The first-order valence-electron chi connectivity index (χ1n) is 11.2. The molecule has 0 saturated heterocycles. The fourth-order valence-electron chi connectivity index (χ4n) is 4.30. The maximum atomic E-state index is 13.3. The number of ether oxygens (including phenoxy) is 2. The molecule has 0 bridgehead atoms. The smallest absolute Gasteiger partial charge is 0.342 e. The van der Waals surface area contributed by atoms with Crippen molar-refractivity contribution in [2.45, 2.75) is 26.3 Å². The normalized spacial score (nSPS) is 17.4. The summed E-state index contributed by atoms with van der Waals surface area (Å²) in [5.74, 6) is -1.49. The number of allylic oxidation sites excluding steroid dienone is 1. The van der Waals surface area contributed by atoms with Gasteiger partial charge in [0.05, 0.1) is 41.4 Å². The summed E-state index contributed by atoms with van der Waals surface area (Å²) in [6, 6.07) is 12.0. The number of benzene rings is 2. The molecule has 13 heteroatoms. The van der Waals surface area contributed by atoms with Crippen LogP contribution in [-0.2, 0) is 19.1 Å². The first kappa shape index (κ1) is 27.5. The number of hydrazone groups is 1. The van der Waals surface area contributed by atoms with E-state index in [1.54, 1.807) is 38.1 Å². The number of rotatable bonds is 8. The summed E-state index contributed by atoms with van der Waals surface area (Å²) >= 11 is 0. The predicted molar refractivity (Wildman–Crippen MR) is 138 cm³/mol. The summed E-state index contributed by atoms with van der Waals surface area (Å²) in [5, 5.41) is 29.9. The number of hydrogen-bond donors (Lipinski definition) is 2. The molecule has 1 aliphatic rings. The number of nitro groups is 2. The number of methoxy groups -OCH3 is 2. The van der Waals surface area contributed by atoms with Crippen LogP contribution in [0.2, 0.25) is 0 Å². The zero-order valence-electron chi connectivity index (χ0n) is 21.2. The standard InChI is InChI=1S/C25H25N5O8/c1-14-21(23(31)37-4)22(17-9-7-6-8-10-17)15(2)26-25(14,24(32)38-5)16(3)27-28-19-12-11-18(29(33)34)13-20(19)30(35)36/h6-13,26,28H,1-5H3/b27-16-/t25-/m0/s1. The largest absolute Gasteiger partial charge is 0.467 e. The summed E-state index contributed by atoms with van der Waals surface area (Å²) in [7, 11) is 2.39. The summed E-state index contributed by atoms with van der Waals surface area (Å²) < 4.78 is 10.1. The predicted octanol–water partition coefficient (Wildman–Crippen LogP) is 3.73. The molecule has 0 amide bonds. The molecule has 1 atom stereocenters. The van der Waals surface area contributed by atoms with Crippen LogP contribution in [0.25, 0.3) is 5.57 Å². The van der Waals surface area contributed by atoms with Gasteiger partial charge in [0.15, 0.2) is 5.54 Å². The van der Waals surface area contributed by atoms with Gasteiger partial charge in [-0.25, -0.2) is 9.59 Å². The highest BCUT2D eigenvalue weighted by molar-refractivity contribution is 6.19. The van der Waals surface area contributed by atoms with Gasteiger partial charge in [0.1, 0.15) is 5.69 Å². The number of carbonyl (C=O) groups excluding carboxylic acids is 2. The lowest BCUT2D eigenvalue weighted by molar-refractivity contribution is -0.393. The number of non-ortho nitro benzene ring substituents is 1. The van der Waals surface area contributed by atoms with Gasteiger partial charge in [0.2, 0.25) is 0 Å². The second kappa shape index (κ2) is 10.9. The molecule has 0 saturated carbocycles. The Labute approximate surface area is 217 Å². The number of nitrogens with one attached hydrogen (secondary N) is 2. The van der Waals surface area contributed by atoms with Crippen LogP contribution >= 0.6 is 0 Å². The van der Waals surface area contributed by atoms with E-state index in [1.807, 2.05) is 6.07 Å². The minimum absolute atomic E-state index is 0.0439. The van der Waals surface area contributed by atoms with Gasteiger partial charge in [0.25, 0.3) is 5.69 Å². The Hall–Kier alpha value is -5.07. The van der Waals surface area contributed by atoms with Crippen molar-refractivity contribution in [3.8, 4) is 0 Å². The number of nitro benzene ring substituents is 2. The molecule has 0 fully saturated rings. The quantitative estimate of drug-likeness (QED) is 0.224. The number of nitrogens with zero attached hydrogens (tertiary/aromatic N) is 3. The zero-order chi connectivity index (χ0) is 28.2. The van der Waals surface area contributed by atoms with Gasteiger partial charge in [-0.05, 0) is 38.0 Å². The first-order chi connectivity index (χ1) is 18.0. The number of anilines is 1. The molecule has 0 unspecified atom stereocenters. The molecule has 1 heterocycles. The van der Waals surface area contributed by atoms with E-state index < -0.39 is 38.7 Å². The Morgan fingerprint density at radius 2 is 1.66 bits per heavy atom. The highest BCUT2D eigenvalue weighted by Gasteiger charge is 2.50. The highest BCUT2D eigenvalue weighted by atomic mass is 16.6. The Bertz CT molecular complexity index is 1410. The summed E-state index contributed by atoms with van der Waals surface area (Å²) in [6.45, 7) is 4.70. The molecule has 0 aliphatic carbocycles. The fourth-order valence-corrected chi connectivity index (χ4v) is 4.30. The van der Waals surface area contributed by atoms with Crippen LogP contribution in [0.1, 0.15) is 26.3 Å². The summed E-state index contributed by atoms with van der Waals surface area (Å²) in [6.07, 6.45) is 0. The molecule has 2 N–H and O–H groups in total. The maximum absolute atomic E-state index is 13.3. The van der Waals surface area contributed by atoms with Gasteiger partial charge in [-0.3, -0.25) is 25.7 Å². The van der Waals surface area contributed by atoms with Crippen LogP contribution in [-0.4, -0.2) is 47.3 Å². The van der Waals surface area contributed by atoms with Gasteiger partial charge < -0.3 is 14.8 Å². The van der Waals surface area contributed by atoms with Crippen LogP contribution in [0.4, 0.5) is 17.1 Å². The maximum Gasteiger partial charge on any atom is 0.342 e. The molecule has 0 aromatic heterocycles. The Morgan fingerprint density at radius 1 is 1.00 bits per heavy atom. The Kier molecular flexibility index (Phi) is 7.90. The SMILES string of the molecule is COC(=O)C1=C(C)[C@@](C(=O)OC)(/C(C)=N\Nc2ccc([N+](=O)[O-])cc2[N+](=O)[O-])NC(C)=C1c1ccccc1. The molecule has 0 radical (unpaired) electrons. The van der Waals surface area contributed by atoms with E-state index in [0.717, 1.165) is 18.2 Å². The van der Waals surface area contributed by atoms with Crippen molar-refractivity contribution in [3.05, 3.63) is 91.2 Å². The molecule has 0 spiro atoms. The van der Waals surface area contributed by atoms with Crippen molar-refractivity contribution in [1.82, 2.24) is 5.32 Å². The molecule has 198 valence electrons. The van der Waals surface area contributed by atoms with Crippen LogP contribution in [0.3, 0.4) is 0 Å². The van der Waals surface area contributed by atoms with E-state index >= 15 is 0 Å². The van der Waals surface area contributed by atoms with E-state index in [-0.39, 0.29) is 22.5 Å². The zero-order valence-corrected chi connectivity index (χ0v) is 21.2. The number of hydrogen-bond acceptors (Lipinski definition) is 11. The number of esters is 2. The third-order valence-corrected chi connectivity index (χ3v) is 6.16. The third-order valence-electron chi connectivity index (χ3n) is 6.16. The lowest BCUT2D eigenvalue weighted by Gasteiger charge is -2.39. The average molecular weight is 524 g/mol. The van der Waals surface area contributed by atoms with Crippen LogP contribution in [0.15, 0.2) is 70.5 Å². The van der Waals surface area contributed by atoms with Gasteiger partial charge >= 0.3 is 17.6 Å². The number of dihydropyridines is 1. The van der Waals surface area contributed by atoms with Crippen molar-refractivity contribution in [1.29, 1.82) is 0 Å². The van der Waals surface area contributed by atoms with Crippen molar-refractivity contribution in [2.24, 2.45) is 5.10 Å². The minimum Gasteiger partial charge on any atom is -0.467 e. The third kappa shape index (κ3) is 4.81. The van der Waals surface area contributed by atoms with Gasteiger partial charge in [-0.1, -0.05) is 30.3 Å². The van der Waals surface area contributed by atoms with E-state index in [1.165, 1.54) is 21.1 Å². The molecule has 1 aliphatic heterocycles. The molecule has 2 aromatic rings. The summed E-state index contributed by atoms with van der Waals surface area (Å²) in [5.41, 5.74) is 1.56. The molecular weight excluding hydrogens is 498 g/mol. The fraction of sp³-hybridized carbons (Fsp3) is 0.240. The Morgan fingerprint density at radius 3 is 2.21 bits per heavy atom. The summed E-state index contributed by atoms with van der Waals surface area (Å²) in [4.78, 5) is 47.4. The lowest BCUT2D eigenvalue weighted by Crippen LogP contribution is -2.60. The molecule has 2 aromatic carbocycles. The molecule has 13 nitrogen and oxygen atoms in total. The number of carbonyl (C=O) groups is 2. The topological polar surface area (TPSA) is 175 Å². The van der Waals surface area contributed by atoms with Crippen LogP contribution in [0, 0.1) is 20.2 Å². The monoisotopic (exact) mass is 523 g/mol. The van der Waals surface area contributed by atoms with Crippen molar-refractivity contribution < 1.29 is 28.9 Å². The first-order valence-corrected chi connectivity index (χ1v) is 11.2. The lowest BCUT2D eigenvalue weighted by atomic mass is 9.76. The van der Waals surface area contributed by atoms with E-state index in [2.05, 4.69) is 15.8 Å². The van der Waals surface area contributed by atoms with Crippen LogP contribution < -0.4 is 10.7 Å². The van der Waals surface area contributed by atoms with Crippen molar-refractivity contribution in [3.63, 3.8) is 0 Å². The van der Waals surface area contributed by atoms with E-state index in [0.29, 0.717) is 16.8 Å². The van der Waals surface area contributed by atoms with Gasteiger partial charge in [-0.2, -0.15) is 5.10 Å². The average Bonchev–Trinajstić information content (AvgIpc) is 2.91. The van der Waals surface area contributed by atoms with Gasteiger partial charge in [-0.15, -0.1) is 0 Å². The minimum atomic E-state index is -1.79. The molecular formula is C25H25N5O8. The van der Waals surface area contributed by atoms with E-state index in [9.17, 15) is 29.8 Å². The Balaban J connectivity index is 2.20. The van der Waals surface area contributed by atoms with Crippen molar-refractivity contribution >= 4 is 40.3 Å². The van der Waals surface area contributed by atoms with Crippen LogP contribution in [0.5, 0.6) is 0 Å². The molecule has 3 rings (SSSR count). The van der Waals surface area contributed by atoms with Crippen molar-refractivity contribution in [2.75, 3.05) is 19.6 Å². The molecule has 38 heavy (non-hydrogen) atoms. The highest BCUT2D eigenvalue weighted by Crippen LogP contribution is 2.39.